The van der Waals surface area contributed by atoms with Crippen LogP contribution in [0.3, 0.4) is 0 Å². The summed E-state index contributed by atoms with van der Waals surface area (Å²) in [6, 6.07) is 7.52. The van der Waals surface area contributed by atoms with E-state index in [-0.39, 0.29) is 11.8 Å². The fourth-order valence-electron chi connectivity index (χ4n) is 2.03. The van der Waals surface area contributed by atoms with Crippen molar-refractivity contribution in [2.75, 3.05) is 30.9 Å². The molecule has 0 saturated carbocycles. The number of nitrogens with zero attached hydrogens (tertiary/aromatic N) is 1. The quantitative estimate of drug-likeness (QED) is 0.572. The van der Waals surface area contributed by atoms with Crippen LogP contribution >= 0.6 is 0 Å². The largest absolute Gasteiger partial charge is 0.378 e. The molecule has 0 spiro atoms. The minimum atomic E-state index is -1.10. The third-order valence-electron chi connectivity index (χ3n) is 3.84. The van der Waals surface area contributed by atoms with Crippen LogP contribution in [0.2, 0.25) is 0 Å². The second-order valence-electron chi connectivity index (χ2n) is 6.48. The number of hydrogen-bond donors (Lipinski definition) is 2. The van der Waals surface area contributed by atoms with E-state index >= 15 is 0 Å². The molecular weight excluding hydrogens is 290 g/mol. The van der Waals surface area contributed by atoms with E-state index < -0.39 is 5.41 Å². The number of hydrogen-bond acceptors (Lipinski definition) is 3. The molecule has 2 N–H and O–H groups in total. The molecule has 1 aromatic rings. The Morgan fingerprint density at radius 1 is 1.04 bits per heavy atom. The minimum Gasteiger partial charge on any atom is -0.378 e. The molecule has 0 unspecified atom stereocenters. The van der Waals surface area contributed by atoms with Gasteiger partial charge in [0.25, 0.3) is 0 Å². The van der Waals surface area contributed by atoms with Crippen molar-refractivity contribution in [3.8, 4) is 0 Å². The zero-order valence-corrected chi connectivity index (χ0v) is 14.9. The molecule has 2 amide bonds. The molecule has 5 nitrogen and oxygen atoms in total. The van der Waals surface area contributed by atoms with Gasteiger partial charge in [-0.05, 0) is 44.5 Å². The molecule has 5 heteroatoms. The highest BCUT2D eigenvalue weighted by Gasteiger charge is 2.35. The van der Waals surface area contributed by atoms with Gasteiger partial charge in [0, 0.05) is 32.0 Å². The van der Waals surface area contributed by atoms with Crippen LogP contribution in [0.15, 0.2) is 24.3 Å². The lowest BCUT2D eigenvalue weighted by Gasteiger charge is -2.23. The molecule has 0 heterocycles. The van der Waals surface area contributed by atoms with Gasteiger partial charge >= 0.3 is 0 Å². The maximum absolute atomic E-state index is 12.4. The van der Waals surface area contributed by atoms with Crippen molar-refractivity contribution in [2.24, 2.45) is 5.41 Å². The highest BCUT2D eigenvalue weighted by molar-refractivity contribution is 6.09. The van der Waals surface area contributed by atoms with E-state index in [0.29, 0.717) is 12.2 Å². The van der Waals surface area contributed by atoms with Gasteiger partial charge in [-0.15, -0.1) is 0 Å². The average molecular weight is 319 g/mol. The van der Waals surface area contributed by atoms with Crippen LogP contribution in [0.25, 0.3) is 0 Å². The summed E-state index contributed by atoms with van der Waals surface area (Å²) in [5, 5.41) is 5.65. The maximum Gasteiger partial charge on any atom is 0.239 e. The van der Waals surface area contributed by atoms with Crippen LogP contribution in [0.4, 0.5) is 11.4 Å². The third kappa shape index (κ3) is 5.58. The van der Waals surface area contributed by atoms with Gasteiger partial charge in [0.15, 0.2) is 0 Å². The first-order valence-electron chi connectivity index (χ1n) is 8.16. The summed E-state index contributed by atoms with van der Waals surface area (Å²) in [5.74, 6) is -0.542. The summed E-state index contributed by atoms with van der Waals surface area (Å²) in [6.07, 6.45) is 3.11. The second kappa shape index (κ2) is 8.56. The number of carbonyl (C=O) groups is 2. The molecule has 0 aromatic heterocycles. The second-order valence-corrected chi connectivity index (χ2v) is 6.48. The van der Waals surface area contributed by atoms with Gasteiger partial charge in [-0.25, -0.2) is 0 Å². The van der Waals surface area contributed by atoms with E-state index in [0.717, 1.165) is 24.9 Å². The Bertz CT molecular complexity index is 522. The fraction of sp³-hybridized carbons (Fsp3) is 0.556. The Balaban J connectivity index is 2.61. The first-order valence-corrected chi connectivity index (χ1v) is 8.16. The lowest BCUT2D eigenvalue weighted by Crippen LogP contribution is -2.45. The number of carbonyl (C=O) groups excluding carboxylic acids is 2. The van der Waals surface area contributed by atoms with E-state index in [1.165, 1.54) is 0 Å². The zero-order chi connectivity index (χ0) is 17.5. The zero-order valence-electron chi connectivity index (χ0n) is 14.9. The maximum atomic E-state index is 12.4. The van der Waals surface area contributed by atoms with Crippen LogP contribution in [0, 0.1) is 5.41 Å². The van der Waals surface area contributed by atoms with Crippen molar-refractivity contribution in [1.29, 1.82) is 0 Å². The molecular formula is C18H29N3O2. The van der Waals surface area contributed by atoms with Crippen molar-refractivity contribution >= 4 is 23.2 Å². The van der Waals surface area contributed by atoms with E-state index in [2.05, 4.69) is 17.6 Å². The van der Waals surface area contributed by atoms with Gasteiger partial charge in [0.2, 0.25) is 11.8 Å². The topological polar surface area (TPSA) is 61.4 Å². The van der Waals surface area contributed by atoms with E-state index in [1.54, 1.807) is 13.8 Å². The summed E-state index contributed by atoms with van der Waals surface area (Å²) in [6.45, 7) is 6.01. The van der Waals surface area contributed by atoms with Crippen molar-refractivity contribution in [2.45, 2.75) is 40.0 Å². The molecule has 0 fully saturated rings. The van der Waals surface area contributed by atoms with Crippen LogP contribution in [0.1, 0.15) is 40.0 Å². The molecule has 0 aliphatic rings. The lowest BCUT2D eigenvalue weighted by molar-refractivity contribution is -0.138. The fourth-order valence-corrected chi connectivity index (χ4v) is 2.03. The molecule has 0 atom stereocenters. The Hall–Kier alpha value is -2.04. The molecule has 1 aromatic carbocycles. The number of anilines is 2. The monoisotopic (exact) mass is 319 g/mol. The summed E-state index contributed by atoms with van der Waals surface area (Å²) in [5.41, 5.74) is 0.635. The Labute approximate surface area is 139 Å². The lowest BCUT2D eigenvalue weighted by atomic mass is 9.91. The van der Waals surface area contributed by atoms with Gasteiger partial charge < -0.3 is 15.5 Å². The highest BCUT2D eigenvalue weighted by Crippen LogP contribution is 2.21. The van der Waals surface area contributed by atoms with E-state index in [1.807, 2.05) is 43.3 Å². The predicted molar refractivity (Wildman–Crippen MR) is 95.7 cm³/mol. The van der Waals surface area contributed by atoms with Gasteiger partial charge in [-0.1, -0.05) is 19.8 Å². The van der Waals surface area contributed by atoms with Gasteiger partial charge in [0.05, 0.1) is 0 Å². The van der Waals surface area contributed by atoms with Crippen molar-refractivity contribution in [3.05, 3.63) is 24.3 Å². The smallest absolute Gasteiger partial charge is 0.239 e. The van der Waals surface area contributed by atoms with Crippen molar-refractivity contribution in [1.82, 2.24) is 5.32 Å². The van der Waals surface area contributed by atoms with Gasteiger partial charge in [-0.3, -0.25) is 9.59 Å². The SMILES string of the molecule is CCCCCNC(=O)C(C)(C)C(=O)Nc1ccc(N(C)C)cc1. The van der Waals surface area contributed by atoms with E-state index in [9.17, 15) is 9.59 Å². The summed E-state index contributed by atoms with van der Waals surface area (Å²) < 4.78 is 0. The van der Waals surface area contributed by atoms with Crippen LogP contribution < -0.4 is 15.5 Å². The van der Waals surface area contributed by atoms with E-state index in [4.69, 9.17) is 0 Å². The van der Waals surface area contributed by atoms with Crippen molar-refractivity contribution < 1.29 is 9.59 Å². The third-order valence-corrected chi connectivity index (χ3v) is 3.84. The Kier molecular flexibility index (Phi) is 7.07. The molecule has 0 bridgehead atoms. The van der Waals surface area contributed by atoms with Crippen LogP contribution in [-0.4, -0.2) is 32.5 Å². The van der Waals surface area contributed by atoms with Gasteiger partial charge in [-0.2, -0.15) is 0 Å². The predicted octanol–water partition coefficient (Wildman–Crippen LogP) is 3.02. The van der Waals surface area contributed by atoms with Crippen LogP contribution in [-0.2, 0) is 9.59 Å². The molecule has 0 aliphatic carbocycles. The minimum absolute atomic E-state index is 0.240. The molecule has 128 valence electrons. The standard InChI is InChI=1S/C18H29N3O2/c1-6-7-8-13-19-16(22)18(2,3)17(23)20-14-9-11-15(12-10-14)21(4)5/h9-12H,6-8,13H2,1-5H3,(H,19,22)(H,20,23). The molecule has 0 saturated heterocycles. The average Bonchev–Trinajstić information content (AvgIpc) is 2.51. The normalized spacial score (nSPS) is 11.0. The Morgan fingerprint density at radius 3 is 2.17 bits per heavy atom. The number of unbranched alkanes of at least 4 members (excludes halogenated alkanes) is 2. The van der Waals surface area contributed by atoms with Crippen LogP contribution in [0.5, 0.6) is 0 Å². The highest BCUT2D eigenvalue weighted by atomic mass is 16.2. The summed E-state index contributed by atoms with van der Waals surface area (Å²) >= 11 is 0. The summed E-state index contributed by atoms with van der Waals surface area (Å²) in [4.78, 5) is 26.6. The van der Waals surface area contributed by atoms with Gasteiger partial charge in [0.1, 0.15) is 5.41 Å². The number of rotatable bonds is 8. The number of benzene rings is 1. The summed E-state index contributed by atoms with van der Waals surface area (Å²) in [7, 11) is 3.92. The molecule has 0 radical (unpaired) electrons. The number of nitrogens with one attached hydrogen (secondary N) is 2. The Morgan fingerprint density at radius 2 is 1.65 bits per heavy atom. The molecule has 23 heavy (non-hydrogen) atoms. The first-order chi connectivity index (χ1) is 10.8. The number of amides is 2. The molecule has 0 aliphatic heterocycles. The first kappa shape index (κ1) is 19.0. The molecule has 1 rings (SSSR count). The van der Waals surface area contributed by atoms with Crippen molar-refractivity contribution in [3.63, 3.8) is 0 Å².